The van der Waals surface area contributed by atoms with Gasteiger partial charge >= 0.3 is 6.18 Å². The molecule has 2 fully saturated rings. The molecule has 3 atom stereocenters. The number of nitrogens with zero attached hydrogens (tertiary/aromatic N) is 1. The average Bonchev–Trinajstić information content (AvgIpc) is 3.47. The first-order chi connectivity index (χ1) is 12.8. The Morgan fingerprint density at radius 3 is 2.54 bits per heavy atom. The molecule has 28 heavy (non-hydrogen) atoms. The van der Waals surface area contributed by atoms with Gasteiger partial charge in [-0.3, -0.25) is 4.79 Å². The second kappa shape index (κ2) is 9.49. The first-order valence-electron chi connectivity index (χ1n) is 9.96. The van der Waals surface area contributed by atoms with Gasteiger partial charge in [-0.1, -0.05) is 19.1 Å². The van der Waals surface area contributed by atoms with Gasteiger partial charge in [0, 0.05) is 12.5 Å². The quantitative estimate of drug-likeness (QED) is 0.688. The van der Waals surface area contributed by atoms with Crippen LogP contribution in [0.4, 0.5) is 13.2 Å². The lowest BCUT2D eigenvalue weighted by atomic mass is 9.85. The number of carbonyl (C=O) groups is 1. The molecule has 1 heterocycles. The predicted molar refractivity (Wildman–Crippen MR) is 106 cm³/mol. The number of hydrogen-bond donors (Lipinski definition) is 1. The summed E-state index contributed by atoms with van der Waals surface area (Å²) in [5.74, 6) is 0.841. The van der Waals surface area contributed by atoms with Crippen molar-refractivity contribution >= 4 is 18.3 Å². The van der Waals surface area contributed by atoms with E-state index in [0.717, 1.165) is 44.8 Å². The fourth-order valence-electron chi connectivity index (χ4n) is 4.14. The number of amides is 1. The van der Waals surface area contributed by atoms with Gasteiger partial charge in [-0.2, -0.15) is 13.2 Å². The van der Waals surface area contributed by atoms with E-state index in [0.29, 0.717) is 17.9 Å². The maximum Gasteiger partial charge on any atom is 0.416 e. The van der Waals surface area contributed by atoms with Gasteiger partial charge in [0.15, 0.2) is 0 Å². The molecule has 1 saturated heterocycles. The van der Waals surface area contributed by atoms with Crippen molar-refractivity contribution in [3.8, 4) is 0 Å². The standard InChI is InChI=1S/C21H29F3N2O.ClH/c1-14(17-6-4-10-25-13-17)11-20(27)26(19-8-9-19)15(2)16-5-3-7-18(12-16)21(22,23)24;/h3,5,7,12,14-15,17,19,25H,4,6,8-11,13H2,1-2H3;1H. The van der Waals surface area contributed by atoms with Crippen LogP contribution in [-0.4, -0.2) is 29.9 Å². The molecule has 158 valence electrons. The fraction of sp³-hybridized carbons (Fsp3) is 0.667. The Kier molecular flexibility index (Phi) is 7.80. The van der Waals surface area contributed by atoms with E-state index < -0.39 is 11.7 Å². The molecule has 1 aliphatic carbocycles. The maximum absolute atomic E-state index is 13.1. The summed E-state index contributed by atoms with van der Waals surface area (Å²) < 4.78 is 39.2. The van der Waals surface area contributed by atoms with Crippen molar-refractivity contribution in [3.05, 3.63) is 35.4 Å². The van der Waals surface area contributed by atoms with Crippen LogP contribution in [0.25, 0.3) is 0 Å². The summed E-state index contributed by atoms with van der Waals surface area (Å²) in [4.78, 5) is 14.9. The molecule has 1 N–H and O–H groups in total. The van der Waals surface area contributed by atoms with E-state index in [2.05, 4.69) is 12.2 Å². The first-order valence-corrected chi connectivity index (χ1v) is 9.96. The van der Waals surface area contributed by atoms with Crippen molar-refractivity contribution < 1.29 is 18.0 Å². The van der Waals surface area contributed by atoms with E-state index in [1.807, 2.05) is 11.8 Å². The van der Waals surface area contributed by atoms with E-state index in [9.17, 15) is 18.0 Å². The Labute approximate surface area is 171 Å². The van der Waals surface area contributed by atoms with Crippen molar-refractivity contribution in [2.24, 2.45) is 11.8 Å². The topological polar surface area (TPSA) is 32.3 Å². The average molecular weight is 419 g/mol. The molecule has 1 aromatic carbocycles. The van der Waals surface area contributed by atoms with Crippen LogP contribution in [0.2, 0.25) is 0 Å². The Bertz CT molecular complexity index is 657. The third-order valence-electron chi connectivity index (χ3n) is 5.98. The molecule has 3 nitrogen and oxygen atoms in total. The van der Waals surface area contributed by atoms with Gasteiger partial charge in [-0.05, 0) is 75.2 Å². The molecule has 0 radical (unpaired) electrons. The monoisotopic (exact) mass is 418 g/mol. The van der Waals surface area contributed by atoms with Gasteiger partial charge in [0.1, 0.15) is 0 Å². The lowest BCUT2D eigenvalue weighted by Crippen LogP contribution is -2.39. The Balaban J connectivity index is 0.00000280. The molecule has 0 spiro atoms. The molecule has 3 rings (SSSR count). The van der Waals surface area contributed by atoms with Gasteiger partial charge in [-0.15, -0.1) is 12.4 Å². The molecule has 7 heteroatoms. The highest BCUT2D eigenvalue weighted by atomic mass is 35.5. The molecule has 3 unspecified atom stereocenters. The van der Waals surface area contributed by atoms with E-state index in [1.54, 1.807) is 6.07 Å². The summed E-state index contributed by atoms with van der Waals surface area (Å²) in [6.45, 7) is 5.95. The third kappa shape index (κ3) is 5.63. The van der Waals surface area contributed by atoms with Crippen molar-refractivity contribution in [1.29, 1.82) is 0 Å². The van der Waals surface area contributed by atoms with Crippen LogP contribution >= 0.6 is 12.4 Å². The summed E-state index contributed by atoms with van der Waals surface area (Å²) in [5, 5.41) is 3.39. The van der Waals surface area contributed by atoms with Gasteiger partial charge in [0.05, 0.1) is 11.6 Å². The molecular formula is C21H30ClF3N2O. The molecule has 2 aliphatic rings. The Morgan fingerprint density at radius 1 is 1.25 bits per heavy atom. The normalized spacial score (nSPS) is 22.1. The number of carbonyl (C=O) groups excluding carboxylic acids is 1. The zero-order valence-electron chi connectivity index (χ0n) is 16.5. The van der Waals surface area contributed by atoms with Crippen molar-refractivity contribution in [3.63, 3.8) is 0 Å². The van der Waals surface area contributed by atoms with Crippen LogP contribution < -0.4 is 5.32 Å². The minimum Gasteiger partial charge on any atom is -0.333 e. The van der Waals surface area contributed by atoms with Crippen LogP contribution in [-0.2, 0) is 11.0 Å². The van der Waals surface area contributed by atoms with Crippen molar-refractivity contribution in [1.82, 2.24) is 10.2 Å². The second-order valence-corrected chi connectivity index (χ2v) is 8.12. The van der Waals surface area contributed by atoms with Crippen LogP contribution in [0.1, 0.15) is 63.1 Å². The Morgan fingerprint density at radius 2 is 1.96 bits per heavy atom. The highest BCUT2D eigenvalue weighted by Gasteiger charge is 2.38. The van der Waals surface area contributed by atoms with Crippen molar-refractivity contribution in [2.45, 2.75) is 64.2 Å². The SMILES string of the molecule is CC(CC(=O)N(C1CC1)C(C)c1cccc(C(F)(F)F)c1)C1CCCNC1.Cl. The largest absolute Gasteiger partial charge is 0.416 e. The summed E-state index contributed by atoms with van der Waals surface area (Å²) in [6.07, 6.45) is 0.242. The van der Waals surface area contributed by atoms with Gasteiger partial charge < -0.3 is 10.2 Å². The van der Waals surface area contributed by atoms with E-state index in [4.69, 9.17) is 0 Å². The summed E-state index contributed by atoms with van der Waals surface area (Å²) in [6, 6.07) is 5.21. The van der Waals surface area contributed by atoms with E-state index in [-0.39, 0.29) is 36.3 Å². The van der Waals surface area contributed by atoms with Crippen molar-refractivity contribution in [2.75, 3.05) is 13.1 Å². The molecule has 1 aromatic rings. The van der Waals surface area contributed by atoms with Crippen LogP contribution in [0.3, 0.4) is 0 Å². The molecule has 1 aliphatic heterocycles. The first kappa shape index (κ1) is 23.0. The molecule has 1 amide bonds. The number of piperidine rings is 1. The summed E-state index contributed by atoms with van der Waals surface area (Å²) in [5.41, 5.74) is -0.103. The molecule has 0 bridgehead atoms. The fourth-order valence-corrected chi connectivity index (χ4v) is 4.14. The molecule has 0 aromatic heterocycles. The highest BCUT2D eigenvalue weighted by Crippen LogP contribution is 2.38. The van der Waals surface area contributed by atoms with Crippen LogP contribution in [0, 0.1) is 11.8 Å². The molecule has 1 saturated carbocycles. The minimum absolute atomic E-state index is 0. The number of alkyl halides is 3. The number of benzene rings is 1. The number of hydrogen-bond acceptors (Lipinski definition) is 2. The number of rotatable bonds is 6. The summed E-state index contributed by atoms with van der Waals surface area (Å²) >= 11 is 0. The van der Waals surface area contributed by atoms with Gasteiger partial charge in [-0.25, -0.2) is 0 Å². The number of halogens is 4. The zero-order chi connectivity index (χ0) is 19.6. The van der Waals surface area contributed by atoms with E-state index >= 15 is 0 Å². The van der Waals surface area contributed by atoms with E-state index in [1.165, 1.54) is 12.1 Å². The van der Waals surface area contributed by atoms with Crippen LogP contribution in [0.15, 0.2) is 24.3 Å². The van der Waals surface area contributed by atoms with Gasteiger partial charge in [0.25, 0.3) is 0 Å². The third-order valence-corrected chi connectivity index (χ3v) is 5.98. The lowest BCUT2D eigenvalue weighted by Gasteiger charge is -2.33. The lowest BCUT2D eigenvalue weighted by molar-refractivity contribution is -0.137. The Hall–Kier alpha value is -1.27. The van der Waals surface area contributed by atoms with Crippen LogP contribution in [0.5, 0.6) is 0 Å². The molecular weight excluding hydrogens is 389 g/mol. The highest BCUT2D eigenvalue weighted by molar-refractivity contribution is 5.85. The zero-order valence-corrected chi connectivity index (χ0v) is 17.3. The number of nitrogens with one attached hydrogen (secondary N) is 1. The smallest absolute Gasteiger partial charge is 0.333 e. The summed E-state index contributed by atoms with van der Waals surface area (Å²) in [7, 11) is 0. The minimum atomic E-state index is -4.37. The predicted octanol–water partition coefficient (Wildman–Crippen LogP) is 5.21. The van der Waals surface area contributed by atoms with Gasteiger partial charge in [0.2, 0.25) is 5.91 Å². The maximum atomic E-state index is 13.1. The second-order valence-electron chi connectivity index (χ2n) is 8.12.